The van der Waals surface area contributed by atoms with Crippen molar-refractivity contribution in [3.63, 3.8) is 0 Å². The highest BCUT2D eigenvalue weighted by molar-refractivity contribution is 6.33. The molecule has 5 heteroatoms. The van der Waals surface area contributed by atoms with Gasteiger partial charge < -0.3 is 9.52 Å². The van der Waals surface area contributed by atoms with Crippen LogP contribution in [0.2, 0.25) is 5.02 Å². The van der Waals surface area contributed by atoms with E-state index >= 15 is 0 Å². The zero-order valence-electron chi connectivity index (χ0n) is 10.7. The third-order valence-corrected chi connectivity index (χ3v) is 3.00. The molecule has 0 aliphatic carbocycles. The number of benzene rings is 1. The molecular weight excluding hydrogens is 266 g/mol. The third kappa shape index (κ3) is 2.96. The Labute approximate surface area is 116 Å². The van der Waals surface area contributed by atoms with Gasteiger partial charge in [0, 0.05) is 5.92 Å². The molecule has 0 aliphatic rings. The lowest BCUT2D eigenvalue weighted by molar-refractivity contribution is -0.136. The number of carboxylic acid groups (broad SMARTS) is 1. The number of rotatable bonds is 4. The summed E-state index contributed by atoms with van der Waals surface area (Å²) in [6, 6.07) is 7.18. The highest BCUT2D eigenvalue weighted by atomic mass is 35.5. The van der Waals surface area contributed by atoms with Crippen molar-refractivity contribution in [3.05, 3.63) is 40.7 Å². The van der Waals surface area contributed by atoms with Crippen molar-refractivity contribution in [2.45, 2.75) is 26.2 Å². The molecule has 1 heterocycles. The predicted molar refractivity (Wildman–Crippen MR) is 72.4 cm³/mol. The van der Waals surface area contributed by atoms with Gasteiger partial charge in [0.1, 0.15) is 5.76 Å². The van der Waals surface area contributed by atoms with Gasteiger partial charge in [0.05, 0.1) is 22.7 Å². The van der Waals surface area contributed by atoms with Gasteiger partial charge in [0.15, 0.2) is 0 Å². The van der Waals surface area contributed by atoms with Crippen molar-refractivity contribution in [1.82, 2.24) is 4.98 Å². The van der Waals surface area contributed by atoms with Gasteiger partial charge in [-0.3, -0.25) is 4.79 Å². The molecule has 2 aromatic rings. The Hall–Kier alpha value is -1.81. The smallest absolute Gasteiger partial charge is 0.309 e. The first kappa shape index (κ1) is 13.6. The molecule has 0 spiro atoms. The topological polar surface area (TPSA) is 63.3 Å². The number of hydrogen-bond acceptors (Lipinski definition) is 3. The number of oxazole rings is 1. The summed E-state index contributed by atoms with van der Waals surface area (Å²) in [5, 5.41) is 9.43. The van der Waals surface area contributed by atoms with Crippen molar-refractivity contribution in [3.8, 4) is 11.5 Å². The second kappa shape index (κ2) is 5.45. The third-order valence-electron chi connectivity index (χ3n) is 2.67. The van der Waals surface area contributed by atoms with E-state index in [0.717, 1.165) is 0 Å². The Morgan fingerprint density at radius 2 is 2.11 bits per heavy atom. The van der Waals surface area contributed by atoms with Gasteiger partial charge in [0.25, 0.3) is 0 Å². The first-order valence-electron chi connectivity index (χ1n) is 5.95. The minimum absolute atomic E-state index is 0.0677. The SMILES string of the molecule is CC(C)c1oc(-c2ccccc2Cl)nc1CC(=O)O. The molecule has 0 saturated carbocycles. The Kier molecular flexibility index (Phi) is 3.90. The van der Waals surface area contributed by atoms with E-state index in [1.54, 1.807) is 12.1 Å². The summed E-state index contributed by atoms with van der Waals surface area (Å²) in [7, 11) is 0. The van der Waals surface area contributed by atoms with Gasteiger partial charge in [0.2, 0.25) is 5.89 Å². The van der Waals surface area contributed by atoms with E-state index in [1.165, 1.54) is 0 Å². The molecule has 4 nitrogen and oxygen atoms in total. The standard InChI is InChI=1S/C14H14ClNO3/c1-8(2)13-11(7-12(17)18)16-14(19-13)9-5-3-4-6-10(9)15/h3-6,8H,7H2,1-2H3,(H,17,18). The summed E-state index contributed by atoms with van der Waals surface area (Å²) in [4.78, 5) is 15.1. The van der Waals surface area contributed by atoms with Crippen LogP contribution in [0.5, 0.6) is 0 Å². The lowest BCUT2D eigenvalue weighted by Gasteiger charge is -2.01. The highest BCUT2D eigenvalue weighted by Gasteiger charge is 2.20. The lowest BCUT2D eigenvalue weighted by atomic mass is 10.1. The minimum Gasteiger partial charge on any atom is -0.481 e. The average molecular weight is 280 g/mol. The molecule has 0 bridgehead atoms. The molecule has 1 aromatic carbocycles. The van der Waals surface area contributed by atoms with Gasteiger partial charge >= 0.3 is 5.97 Å². The van der Waals surface area contributed by atoms with E-state index in [2.05, 4.69) is 4.98 Å². The summed E-state index contributed by atoms with van der Waals surface area (Å²) in [6.45, 7) is 3.87. The molecule has 0 aliphatic heterocycles. The van der Waals surface area contributed by atoms with Crippen LogP contribution in [0, 0.1) is 0 Å². The van der Waals surface area contributed by atoms with Crippen molar-refractivity contribution in [2.24, 2.45) is 0 Å². The molecular formula is C14H14ClNO3. The fraction of sp³-hybridized carbons (Fsp3) is 0.286. The second-order valence-electron chi connectivity index (χ2n) is 4.54. The Balaban J connectivity index is 2.49. The maximum absolute atomic E-state index is 10.8. The van der Waals surface area contributed by atoms with Crippen LogP contribution < -0.4 is 0 Å². The van der Waals surface area contributed by atoms with E-state index in [1.807, 2.05) is 26.0 Å². The molecule has 0 radical (unpaired) electrons. The number of halogens is 1. The summed E-state index contributed by atoms with van der Waals surface area (Å²) in [6.07, 6.45) is -0.151. The van der Waals surface area contributed by atoms with Crippen LogP contribution in [0.15, 0.2) is 28.7 Å². The molecule has 100 valence electrons. The minimum atomic E-state index is -0.930. The molecule has 19 heavy (non-hydrogen) atoms. The largest absolute Gasteiger partial charge is 0.481 e. The van der Waals surface area contributed by atoms with Gasteiger partial charge in [-0.1, -0.05) is 37.6 Å². The summed E-state index contributed by atoms with van der Waals surface area (Å²) in [5.74, 6) is 0.0990. The summed E-state index contributed by atoms with van der Waals surface area (Å²) >= 11 is 6.09. The van der Waals surface area contributed by atoms with Crippen LogP contribution in [-0.2, 0) is 11.2 Å². The van der Waals surface area contributed by atoms with E-state index in [4.69, 9.17) is 21.1 Å². The molecule has 0 atom stereocenters. The maximum Gasteiger partial charge on any atom is 0.309 e. The Morgan fingerprint density at radius 1 is 1.42 bits per heavy atom. The van der Waals surface area contributed by atoms with Crippen molar-refractivity contribution in [2.75, 3.05) is 0 Å². The molecule has 1 aromatic heterocycles. The predicted octanol–water partition coefficient (Wildman–Crippen LogP) is 3.75. The maximum atomic E-state index is 10.8. The highest BCUT2D eigenvalue weighted by Crippen LogP contribution is 2.31. The molecule has 1 N–H and O–H groups in total. The van der Waals surface area contributed by atoms with Crippen LogP contribution in [0.25, 0.3) is 11.5 Å². The number of nitrogens with zero attached hydrogens (tertiary/aromatic N) is 1. The zero-order chi connectivity index (χ0) is 14.0. The normalized spacial score (nSPS) is 10.9. The van der Waals surface area contributed by atoms with Gasteiger partial charge in [-0.2, -0.15) is 0 Å². The molecule has 0 amide bonds. The van der Waals surface area contributed by atoms with Crippen LogP contribution in [0.1, 0.15) is 31.2 Å². The van der Waals surface area contributed by atoms with Crippen molar-refractivity contribution in [1.29, 1.82) is 0 Å². The van der Waals surface area contributed by atoms with Crippen molar-refractivity contribution < 1.29 is 14.3 Å². The lowest BCUT2D eigenvalue weighted by Crippen LogP contribution is -2.03. The number of carboxylic acids is 1. The summed E-state index contributed by atoms with van der Waals surface area (Å²) in [5.41, 5.74) is 1.13. The Morgan fingerprint density at radius 3 is 2.68 bits per heavy atom. The van der Waals surface area contributed by atoms with Crippen LogP contribution in [0.4, 0.5) is 0 Å². The number of carbonyl (C=O) groups is 1. The van der Waals surface area contributed by atoms with Crippen LogP contribution >= 0.6 is 11.6 Å². The Bertz CT molecular complexity index is 604. The van der Waals surface area contributed by atoms with Crippen molar-refractivity contribution >= 4 is 17.6 Å². The van der Waals surface area contributed by atoms with E-state index < -0.39 is 5.97 Å². The number of hydrogen-bond donors (Lipinski definition) is 1. The average Bonchev–Trinajstić information content (AvgIpc) is 2.72. The van der Waals surface area contributed by atoms with E-state index in [9.17, 15) is 4.79 Å². The second-order valence-corrected chi connectivity index (χ2v) is 4.94. The molecule has 0 saturated heterocycles. The van der Waals surface area contributed by atoms with Gasteiger partial charge in [-0.25, -0.2) is 4.98 Å². The molecule has 0 fully saturated rings. The molecule has 2 rings (SSSR count). The monoisotopic (exact) mass is 279 g/mol. The number of aromatic nitrogens is 1. The first-order chi connectivity index (χ1) is 8.99. The summed E-state index contributed by atoms with van der Waals surface area (Å²) < 4.78 is 5.69. The fourth-order valence-electron chi connectivity index (χ4n) is 1.83. The van der Waals surface area contributed by atoms with Crippen LogP contribution in [-0.4, -0.2) is 16.1 Å². The van der Waals surface area contributed by atoms with E-state index in [0.29, 0.717) is 27.9 Å². The van der Waals surface area contributed by atoms with Gasteiger partial charge in [-0.15, -0.1) is 0 Å². The first-order valence-corrected chi connectivity index (χ1v) is 6.33. The van der Waals surface area contributed by atoms with E-state index in [-0.39, 0.29) is 12.3 Å². The number of aliphatic carboxylic acids is 1. The zero-order valence-corrected chi connectivity index (χ0v) is 11.4. The quantitative estimate of drug-likeness (QED) is 0.926. The fourth-order valence-corrected chi connectivity index (χ4v) is 2.05. The van der Waals surface area contributed by atoms with Gasteiger partial charge in [-0.05, 0) is 12.1 Å². The van der Waals surface area contributed by atoms with Crippen LogP contribution in [0.3, 0.4) is 0 Å². The molecule has 0 unspecified atom stereocenters.